The highest BCUT2D eigenvalue weighted by molar-refractivity contribution is 6.31. The van der Waals surface area contributed by atoms with Crippen LogP contribution >= 0.6 is 11.6 Å². The Balaban J connectivity index is 1.54. The third kappa shape index (κ3) is 6.04. The monoisotopic (exact) mass is 352 g/mol. The molecule has 1 fully saturated rings. The zero-order valence-electron chi connectivity index (χ0n) is 14.1. The van der Waals surface area contributed by atoms with Crippen LogP contribution in [0.5, 0.6) is 5.75 Å². The van der Waals surface area contributed by atoms with Crippen molar-refractivity contribution in [1.29, 1.82) is 0 Å². The molecule has 2 rings (SSSR count). The van der Waals surface area contributed by atoms with Crippen molar-refractivity contribution in [3.63, 3.8) is 0 Å². The molecule has 1 saturated heterocycles. The summed E-state index contributed by atoms with van der Waals surface area (Å²) >= 11 is 5.96. The summed E-state index contributed by atoms with van der Waals surface area (Å²) in [6, 6.07) is 5.50. The Labute approximate surface area is 148 Å². The van der Waals surface area contributed by atoms with Gasteiger partial charge in [-0.25, -0.2) is 0 Å². The number of nitrogens with one attached hydrogen (secondary N) is 1. The maximum Gasteiger partial charge on any atom is 0.224 e. The number of amides is 2. The third-order valence-electron chi connectivity index (χ3n) is 4.07. The van der Waals surface area contributed by atoms with Gasteiger partial charge in [0.25, 0.3) is 0 Å². The van der Waals surface area contributed by atoms with Crippen LogP contribution in [0.1, 0.15) is 37.7 Å². The fourth-order valence-electron chi connectivity index (χ4n) is 2.65. The van der Waals surface area contributed by atoms with Crippen LogP contribution in [0.15, 0.2) is 18.2 Å². The molecule has 5 nitrogen and oxygen atoms in total. The number of benzene rings is 1. The number of halogens is 1. The van der Waals surface area contributed by atoms with E-state index in [1.807, 2.05) is 24.0 Å². The van der Waals surface area contributed by atoms with Gasteiger partial charge in [0.15, 0.2) is 0 Å². The van der Waals surface area contributed by atoms with E-state index in [4.69, 9.17) is 16.3 Å². The number of aryl methyl sites for hydroxylation is 1. The lowest BCUT2D eigenvalue weighted by Gasteiger charge is -2.15. The number of ether oxygens (including phenoxy) is 1. The molecule has 1 aliphatic heterocycles. The lowest BCUT2D eigenvalue weighted by atomic mass is 10.2. The van der Waals surface area contributed by atoms with Crippen molar-refractivity contribution in [2.24, 2.45) is 0 Å². The second-order valence-electron chi connectivity index (χ2n) is 6.05. The van der Waals surface area contributed by atoms with Gasteiger partial charge < -0.3 is 15.0 Å². The van der Waals surface area contributed by atoms with Gasteiger partial charge in [-0.15, -0.1) is 0 Å². The van der Waals surface area contributed by atoms with Crippen molar-refractivity contribution >= 4 is 23.4 Å². The second-order valence-corrected chi connectivity index (χ2v) is 6.46. The normalized spacial score (nSPS) is 13.8. The summed E-state index contributed by atoms with van der Waals surface area (Å²) in [5.41, 5.74) is 0.967. The first-order chi connectivity index (χ1) is 11.6. The molecule has 132 valence electrons. The number of hydrogen-bond acceptors (Lipinski definition) is 3. The van der Waals surface area contributed by atoms with E-state index in [0.717, 1.165) is 37.2 Å². The van der Waals surface area contributed by atoms with Gasteiger partial charge in [0.05, 0.1) is 6.61 Å². The molecule has 0 aliphatic carbocycles. The fourth-order valence-corrected chi connectivity index (χ4v) is 2.77. The lowest BCUT2D eigenvalue weighted by Crippen LogP contribution is -2.32. The molecule has 6 heteroatoms. The van der Waals surface area contributed by atoms with Gasteiger partial charge in [-0.2, -0.15) is 0 Å². The highest BCUT2D eigenvalue weighted by Gasteiger charge is 2.17. The molecule has 24 heavy (non-hydrogen) atoms. The number of hydrogen-bond donors (Lipinski definition) is 1. The SMILES string of the molecule is Cc1cc(OCCCC(=O)NCCC(=O)N2CCCC2)ccc1Cl. The van der Waals surface area contributed by atoms with Gasteiger partial charge in [0, 0.05) is 37.5 Å². The van der Waals surface area contributed by atoms with Gasteiger partial charge in [0.1, 0.15) is 5.75 Å². The zero-order valence-corrected chi connectivity index (χ0v) is 14.9. The Morgan fingerprint density at radius 3 is 2.71 bits per heavy atom. The summed E-state index contributed by atoms with van der Waals surface area (Å²) in [6.07, 6.45) is 3.58. The first kappa shape index (κ1) is 18.6. The largest absolute Gasteiger partial charge is 0.494 e. The van der Waals surface area contributed by atoms with Crippen molar-refractivity contribution in [2.75, 3.05) is 26.2 Å². The van der Waals surface area contributed by atoms with E-state index in [2.05, 4.69) is 5.32 Å². The van der Waals surface area contributed by atoms with E-state index in [1.54, 1.807) is 6.07 Å². The van der Waals surface area contributed by atoms with Crippen molar-refractivity contribution in [1.82, 2.24) is 10.2 Å². The molecule has 1 N–H and O–H groups in total. The highest BCUT2D eigenvalue weighted by Crippen LogP contribution is 2.21. The first-order valence-electron chi connectivity index (χ1n) is 8.49. The minimum Gasteiger partial charge on any atom is -0.494 e. The summed E-state index contributed by atoms with van der Waals surface area (Å²) in [5, 5.41) is 3.51. The van der Waals surface area contributed by atoms with Crippen LogP contribution in [0, 0.1) is 6.92 Å². The van der Waals surface area contributed by atoms with Gasteiger partial charge >= 0.3 is 0 Å². The molecule has 1 heterocycles. The van der Waals surface area contributed by atoms with Crippen LogP contribution < -0.4 is 10.1 Å². The van der Waals surface area contributed by atoms with Crippen LogP contribution in [0.2, 0.25) is 5.02 Å². The minimum absolute atomic E-state index is 0.0416. The molecule has 1 aromatic rings. The quantitative estimate of drug-likeness (QED) is 0.732. The molecule has 2 amide bonds. The van der Waals surface area contributed by atoms with Crippen molar-refractivity contribution in [3.8, 4) is 5.75 Å². The Hall–Kier alpha value is -1.75. The average molecular weight is 353 g/mol. The van der Waals surface area contributed by atoms with Gasteiger partial charge in [-0.3, -0.25) is 9.59 Å². The summed E-state index contributed by atoms with van der Waals surface area (Å²) in [4.78, 5) is 25.5. The Kier molecular flexibility index (Phi) is 7.37. The van der Waals surface area contributed by atoms with Crippen LogP contribution in [0.4, 0.5) is 0 Å². The van der Waals surface area contributed by atoms with Crippen LogP contribution in [-0.2, 0) is 9.59 Å². The van der Waals surface area contributed by atoms with Gasteiger partial charge in [0.2, 0.25) is 11.8 Å². The van der Waals surface area contributed by atoms with Crippen molar-refractivity contribution in [2.45, 2.75) is 39.0 Å². The maximum absolute atomic E-state index is 11.8. The van der Waals surface area contributed by atoms with Crippen molar-refractivity contribution < 1.29 is 14.3 Å². The van der Waals surface area contributed by atoms with E-state index in [-0.39, 0.29) is 11.8 Å². The molecule has 0 bridgehead atoms. The first-order valence-corrected chi connectivity index (χ1v) is 8.87. The van der Waals surface area contributed by atoms with Gasteiger partial charge in [-0.1, -0.05) is 11.6 Å². The molecule has 0 aromatic heterocycles. The van der Waals surface area contributed by atoms with Crippen LogP contribution in [-0.4, -0.2) is 43.0 Å². The third-order valence-corrected chi connectivity index (χ3v) is 4.49. The Bertz CT molecular complexity index is 571. The summed E-state index contributed by atoms with van der Waals surface area (Å²) in [7, 11) is 0. The van der Waals surface area contributed by atoms with E-state index >= 15 is 0 Å². The van der Waals surface area contributed by atoms with Crippen molar-refractivity contribution in [3.05, 3.63) is 28.8 Å². The highest BCUT2D eigenvalue weighted by atomic mass is 35.5. The maximum atomic E-state index is 11.8. The number of likely N-dealkylation sites (tertiary alicyclic amines) is 1. The smallest absolute Gasteiger partial charge is 0.224 e. The van der Waals surface area contributed by atoms with Gasteiger partial charge in [-0.05, 0) is 49.9 Å². The fraction of sp³-hybridized carbons (Fsp3) is 0.556. The molecule has 1 aromatic carbocycles. The van der Waals surface area contributed by atoms with E-state index in [0.29, 0.717) is 37.4 Å². The average Bonchev–Trinajstić information content (AvgIpc) is 3.09. The minimum atomic E-state index is -0.0416. The molecular formula is C18H25ClN2O3. The number of carbonyl (C=O) groups excluding carboxylic acids is 2. The molecule has 0 saturated carbocycles. The summed E-state index contributed by atoms with van der Waals surface area (Å²) in [5.74, 6) is 0.850. The molecule has 0 spiro atoms. The van der Waals surface area contributed by atoms with Crippen LogP contribution in [0.3, 0.4) is 0 Å². The van der Waals surface area contributed by atoms with E-state index < -0.39 is 0 Å². The predicted octanol–water partition coefficient (Wildman–Crippen LogP) is 2.94. The predicted molar refractivity (Wildman–Crippen MR) is 94.4 cm³/mol. The molecule has 0 radical (unpaired) electrons. The molecule has 1 aliphatic rings. The van der Waals surface area contributed by atoms with Crippen LogP contribution in [0.25, 0.3) is 0 Å². The molecular weight excluding hydrogens is 328 g/mol. The standard InChI is InChI=1S/C18H25ClN2O3/c1-14-13-15(6-7-16(14)19)24-12-4-5-17(22)20-9-8-18(23)21-10-2-3-11-21/h6-7,13H,2-5,8-12H2,1H3,(H,20,22). The zero-order chi connectivity index (χ0) is 17.4. The lowest BCUT2D eigenvalue weighted by molar-refractivity contribution is -0.130. The molecule has 0 unspecified atom stereocenters. The second kappa shape index (κ2) is 9.52. The number of nitrogens with zero attached hydrogens (tertiary/aromatic N) is 1. The summed E-state index contributed by atoms with van der Waals surface area (Å²) in [6.45, 7) is 4.52. The topological polar surface area (TPSA) is 58.6 Å². The number of rotatable bonds is 8. The Morgan fingerprint density at radius 1 is 1.25 bits per heavy atom. The van der Waals surface area contributed by atoms with E-state index in [9.17, 15) is 9.59 Å². The van der Waals surface area contributed by atoms with E-state index in [1.165, 1.54) is 0 Å². The Morgan fingerprint density at radius 2 is 2.00 bits per heavy atom. The summed E-state index contributed by atoms with van der Waals surface area (Å²) < 4.78 is 5.60. The molecule has 0 atom stereocenters. The number of carbonyl (C=O) groups is 2.